The first-order valence-corrected chi connectivity index (χ1v) is 7.71. The number of nitrogens with one attached hydrogen (secondary N) is 2. The lowest BCUT2D eigenvalue weighted by Gasteiger charge is -2.10. The molecule has 2 nitrogen and oxygen atoms in total. The molecule has 1 saturated carbocycles. The van der Waals surface area contributed by atoms with Crippen LogP contribution in [0.25, 0.3) is 10.9 Å². The topological polar surface area (TPSA) is 27.8 Å². The molecule has 0 amide bonds. The van der Waals surface area contributed by atoms with Crippen LogP contribution < -0.4 is 5.32 Å². The Morgan fingerprint density at radius 1 is 1.33 bits per heavy atom. The lowest BCUT2D eigenvalue weighted by Crippen LogP contribution is -2.26. The van der Waals surface area contributed by atoms with Crippen LogP contribution in [0, 0.1) is 0 Å². The summed E-state index contributed by atoms with van der Waals surface area (Å²) in [6.45, 7) is 3.28. The zero-order chi connectivity index (χ0) is 12.4. The maximum Gasteiger partial charge on any atom is 0.0735 e. The molecule has 1 aromatic heterocycles. The average Bonchev–Trinajstić information content (AvgIpc) is 2.96. The maximum atomic E-state index is 3.56. The van der Waals surface area contributed by atoms with Crippen molar-refractivity contribution in [3.63, 3.8) is 0 Å². The number of thioether (sulfide) groups is 1. The number of aromatic amines is 1. The number of hydrogen-bond acceptors (Lipinski definition) is 2. The third-order valence-electron chi connectivity index (χ3n) is 3.68. The summed E-state index contributed by atoms with van der Waals surface area (Å²) in [5.41, 5.74) is 1.25. The molecule has 1 fully saturated rings. The van der Waals surface area contributed by atoms with Gasteiger partial charge in [0, 0.05) is 22.2 Å². The summed E-state index contributed by atoms with van der Waals surface area (Å²) in [4.78, 5) is 3.51. The minimum Gasteiger partial charge on any atom is -0.350 e. The second kappa shape index (κ2) is 5.37. The summed E-state index contributed by atoms with van der Waals surface area (Å²) in [6.07, 6.45) is 3.96. The van der Waals surface area contributed by atoms with Crippen molar-refractivity contribution in [2.45, 2.75) is 42.5 Å². The highest BCUT2D eigenvalue weighted by atomic mass is 32.2. The number of fused-ring (bicyclic) bond motifs is 1. The fourth-order valence-corrected chi connectivity index (χ4v) is 4.12. The first-order valence-electron chi connectivity index (χ1n) is 6.83. The van der Waals surface area contributed by atoms with Crippen LogP contribution in [0.15, 0.2) is 35.4 Å². The lowest BCUT2D eigenvalue weighted by molar-refractivity contribution is 0.543. The second-order valence-electron chi connectivity index (χ2n) is 5.03. The smallest absolute Gasteiger partial charge is 0.0735 e. The summed E-state index contributed by atoms with van der Waals surface area (Å²) >= 11 is 2.01. The minimum atomic E-state index is 0.733. The number of rotatable bonds is 4. The molecule has 2 aromatic rings. The zero-order valence-electron chi connectivity index (χ0n) is 10.8. The van der Waals surface area contributed by atoms with E-state index < -0.39 is 0 Å². The van der Waals surface area contributed by atoms with Crippen molar-refractivity contribution in [3.8, 4) is 0 Å². The fraction of sp³-hybridized carbons (Fsp3) is 0.467. The molecule has 2 N–H and O–H groups in total. The Kier molecular flexibility index (Phi) is 3.62. The number of benzene rings is 1. The standard InChI is InChI=1S/C15H20N2S/c1-2-16-12-7-8-13(10-12)18-15-9-11-5-3-4-6-14(11)17-15/h3-6,9,12-13,16-17H,2,7-8,10H2,1H3. The molecule has 2 unspecified atom stereocenters. The van der Waals surface area contributed by atoms with E-state index in [-0.39, 0.29) is 0 Å². The van der Waals surface area contributed by atoms with Gasteiger partial charge in [0.15, 0.2) is 0 Å². The summed E-state index contributed by atoms with van der Waals surface area (Å²) in [5, 5.41) is 6.97. The van der Waals surface area contributed by atoms with Crippen molar-refractivity contribution in [3.05, 3.63) is 30.3 Å². The molecule has 0 aliphatic heterocycles. The van der Waals surface area contributed by atoms with Crippen LogP contribution in [0.5, 0.6) is 0 Å². The number of hydrogen-bond donors (Lipinski definition) is 2. The van der Waals surface area contributed by atoms with Crippen molar-refractivity contribution in [1.82, 2.24) is 10.3 Å². The summed E-state index contributed by atoms with van der Waals surface area (Å²) in [6, 6.07) is 11.5. The summed E-state index contributed by atoms with van der Waals surface area (Å²) in [5.74, 6) is 0. The van der Waals surface area contributed by atoms with Gasteiger partial charge < -0.3 is 10.3 Å². The number of para-hydroxylation sites is 1. The van der Waals surface area contributed by atoms with E-state index in [9.17, 15) is 0 Å². The third kappa shape index (κ3) is 2.57. The van der Waals surface area contributed by atoms with Gasteiger partial charge in [0.05, 0.1) is 5.03 Å². The Morgan fingerprint density at radius 2 is 2.22 bits per heavy atom. The van der Waals surface area contributed by atoms with E-state index in [4.69, 9.17) is 0 Å². The Bertz CT molecular complexity index is 487. The molecule has 96 valence electrons. The quantitative estimate of drug-likeness (QED) is 0.875. The largest absolute Gasteiger partial charge is 0.350 e. The Labute approximate surface area is 113 Å². The zero-order valence-corrected chi connectivity index (χ0v) is 11.6. The van der Waals surface area contributed by atoms with Crippen molar-refractivity contribution < 1.29 is 0 Å². The molecule has 0 radical (unpaired) electrons. The molecule has 1 heterocycles. The Balaban J connectivity index is 1.66. The van der Waals surface area contributed by atoms with E-state index in [2.05, 4.69) is 47.6 Å². The van der Waals surface area contributed by atoms with Gasteiger partial charge in [-0.1, -0.05) is 25.1 Å². The highest BCUT2D eigenvalue weighted by Crippen LogP contribution is 2.35. The van der Waals surface area contributed by atoms with Crippen molar-refractivity contribution in [2.24, 2.45) is 0 Å². The number of H-pyrrole nitrogens is 1. The molecule has 0 saturated heterocycles. The highest BCUT2D eigenvalue weighted by Gasteiger charge is 2.24. The van der Waals surface area contributed by atoms with Crippen LogP contribution >= 0.6 is 11.8 Å². The minimum absolute atomic E-state index is 0.733. The van der Waals surface area contributed by atoms with E-state index in [1.807, 2.05) is 11.8 Å². The van der Waals surface area contributed by atoms with Gasteiger partial charge in [-0.15, -0.1) is 11.8 Å². The average molecular weight is 260 g/mol. The predicted octanol–water partition coefficient (Wildman–Crippen LogP) is 3.79. The Hall–Kier alpha value is -0.930. The highest BCUT2D eigenvalue weighted by molar-refractivity contribution is 7.99. The van der Waals surface area contributed by atoms with E-state index in [0.717, 1.165) is 17.8 Å². The van der Waals surface area contributed by atoms with Gasteiger partial charge in [0.1, 0.15) is 0 Å². The van der Waals surface area contributed by atoms with Gasteiger partial charge in [-0.2, -0.15) is 0 Å². The monoisotopic (exact) mass is 260 g/mol. The molecule has 1 aromatic carbocycles. The van der Waals surface area contributed by atoms with E-state index >= 15 is 0 Å². The van der Waals surface area contributed by atoms with Crippen molar-refractivity contribution >= 4 is 22.7 Å². The van der Waals surface area contributed by atoms with Gasteiger partial charge in [-0.25, -0.2) is 0 Å². The third-order valence-corrected chi connectivity index (χ3v) is 4.91. The van der Waals surface area contributed by atoms with Crippen LogP contribution in [-0.2, 0) is 0 Å². The van der Waals surface area contributed by atoms with Crippen molar-refractivity contribution in [1.29, 1.82) is 0 Å². The van der Waals surface area contributed by atoms with Gasteiger partial charge in [-0.05, 0) is 37.9 Å². The van der Waals surface area contributed by atoms with E-state index in [1.54, 1.807) is 0 Å². The molecule has 1 aliphatic carbocycles. The van der Waals surface area contributed by atoms with Gasteiger partial charge >= 0.3 is 0 Å². The van der Waals surface area contributed by atoms with Crippen LogP contribution in [0.1, 0.15) is 26.2 Å². The van der Waals surface area contributed by atoms with Gasteiger partial charge in [0.25, 0.3) is 0 Å². The molecular formula is C15H20N2S. The molecule has 1 aliphatic rings. The van der Waals surface area contributed by atoms with Gasteiger partial charge in [-0.3, -0.25) is 0 Å². The second-order valence-corrected chi connectivity index (χ2v) is 6.37. The van der Waals surface area contributed by atoms with Crippen LogP contribution in [0.4, 0.5) is 0 Å². The molecule has 18 heavy (non-hydrogen) atoms. The van der Waals surface area contributed by atoms with Crippen LogP contribution in [-0.4, -0.2) is 22.8 Å². The fourth-order valence-electron chi connectivity index (χ4n) is 2.81. The molecule has 3 heteroatoms. The molecular weight excluding hydrogens is 240 g/mol. The van der Waals surface area contributed by atoms with Gasteiger partial charge in [0.2, 0.25) is 0 Å². The van der Waals surface area contributed by atoms with Crippen LogP contribution in [0.2, 0.25) is 0 Å². The predicted molar refractivity (Wildman–Crippen MR) is 79.3 cm³/mol. The first-order chi connectivity index (χ1) is 8.85. The Morgan fingerprint density at radius 3 is 3.06 bits per heavy atom. The molecule has 0 bridgehead atoms. The van der Waals surface area contributed by atoms with Crippen LogP contribution in [0.3, 0.4) is 0 Å². The van der Waals surface area contributed by atoms with E-state index in [1.165, 1.54) is 35.2 Å². The summed E-state index contributed by atoms with van der Waals surface area (Å²) in [7, 11) is 0. The first kappa shape index (κ1) is 12.1. The summed E-state index contributed by atoms with van der Waals surface area (Å²) < 4.78 is 0. The van der Waals surface area contributed by atoms with Crippen molar-refractivity contribution in [2.75, 3.05) is 6.54 Å². The SMILES string of the molecule is CCNC1CCC(Sc2cc3ccccc3[nH]2)C1. The lowest BCUT2D eigenvalue weighted by atomic mass is 10.2. The normalized spacial score (nSPS) is 23.8. The molecule has 2 atom stereocenters. The van der Waals surface area contributed by atoms with E-state index in [0.29, 0.717) is 0 Å². The maximum absolute atomic E-state index is 3.56. The molecule has 0 spiro atoms. The molecule has 3 rings (SSSR count). The number of aromatic nitrogens is 1.